The summed E-state index contributed by atoms with van der Waals surface area (Å²) in [6, 6.07) is 8.23. The van der Waals surface area contributed by atoms with E-state index in [-0.39, 0.29) is 29.6 Å². The summed E-state index contributed by atoms with van der Waals surface area (Å²) in [5, 5.41) is 20.8. The maximum atomic E-state index is 12.9. The summed E-state index contributed by atoms with van der Waals surface area (Å²) < 4.78 is 49.9. The Morgan fingerprint density at radius 2 is 1.85 bits per heavy atom. The van der Waals surface area contributed by atoms with Crippen LogP contribution in [0.2, 0.25) is 0 Å². The van der Waals surface area contributed by atoms with Gasteiger partial charge in [0.1, 0.15) is 11.6 Å². The molecule has 1 fully saturated rings. The van der Waals surface area contributed by atoms with Crippen molar-refractivity contribution in [2.75, 3.05) is 19.7 Å². The van der Waals surface area contributed by atoms with Crippen molar-refractivity contribution in [3.05, 3.63) is 63.2 Å². The normalized spacial score (nSPS) is 14.0. The Balaban J connectivity index is 1.94. The minimum atomic E-state index is -4.75. The van der Waals surface area contributed by atoms with E-state index in [9.17, 15) is 33.3 Å². The van der Waals surface area contributed by atoms with E-state index >= 15 is 0 Å². The van der Waals surface area contributed by atoms with Gasteiger partial charge in [0.2, 0.25) is 5.75 Å². The molecule has 1 saturated heterocycles. The van der Waals surface area contributed by atoms with E-state index in [2.05, 4.69) is 0 Å². The first-order chi connectivity index (χ1) is 16.1. The van der Waals surface area contributed by atoms with Crippen molar-refractivity contribution in [2.24, 2.45) is 0 Å². The van der Waals surface area contributed by atoms with Crippen LogP contribution in [0.15, 0.2) is 42.0 Å². The maximum absolute atomic E-state index is 12.9. The van der Waals surface area contributed by atoms with Gasteiger partial charge in [0.25, 0.3) is 5.91 Å². The predicted molar refractivity (Wildman–Crippen MR) is 115 cm³/mol. The number of carbonyl (C=O) groups is 1. The van der Waals surface area contributed by atoms with Gasteiger partial charge in [0.15, 0.2) is 11.5 Å². The summed E-state index contributed by atoms with van der Waals surface area (Å²) in [5.41, 5.74) is -1.65. The Kier molecular flexibility index (Phi) is 7.40. The monoisotopic (exact) mass is 475 g/mol. The van der Waals surface area contributed by atoms with E-state index in [1.165, 1.54) is 24.3 Å². The summed E-state index contributed by atoms with van der Waals surface area (Å²) in [6.07, 6.45) is -1.60. The highest BCUT2D eigenvalue weighted by molar-refractivity contribution is 6.01. The largest absolute Gasteiger partial charge is 0.490 e. The summed E-state index contributed by atoms with van der Waals surface area (Å²) >= 11 is 0. The molecule has 8 nitrogen and oxygen atoms in total. The first kappa shape index (κ1) is 24.6. The van der Waals surface area contributed by atoms with Gasteiger partial charge >= 0.3 is 11.9 Å². The third kappa shape index (κ3) is 5.64. The molecule has 178 valence electrons. The van der Waals surface area contributed by atoms with Crippen LogP contribution < -0.4 is 9.47 Å². The SMILES string of the molecule is CCOc1cc(/C=C(\C#N)C(=O)N2CCCC2)ccc1Oc1ccc(C(F)(F)F)cc1[N+](=O)[O-]. The molecule has 0 saturated carbocycles. The minimum absolute atomic E-state index is 0.0197. The fourth-order valence-electron chi connectivity index (χ4n) is 3.41. The third-order valence-electron chi connectivity index (χ3n) is 5.03. The van der Waals surface area contributed by atoms with Crippen LogP contribution in [-0.4, -0.2) is 35.4 Å². The van der Waals surface area contributed by atoms with Crippen molar-refractivity contribution in [2.45, 2.75) is 25.9 Å². The highest BCUT2D eigenvalue weighted by atomic mass is 19.4. The van der Waals surface area contributed by atoms with Crippen molar-refractivity contribution in [1.29, 1.82) is 5.26 Å². The number of carbonyl (C=O) groups excluding carboxylic acids is 1. The zero-order valence-electron chi connectivity index (χ0n) is 18.1. The molecule has 0 aromatic heterocycles. The number of hydrogen-bond acceptors (Lipinski definition) is 6. The van der Waals surface area contributed by atoms with Crippen LogP contribution in [0.1, 0.15) is 30.9 Å². The Hall–Kier alpha value is -4.07. The van der Waals surface area contributed by atoms with E-state index < -0.39 is 28.1 Å². The number of nitro benzene ring substituents is 1. The molecule has 0 atom stereocenters. The molecule has 1 aliphatic heterocycles. The number of ether oxygens (including phenoxy) is 2. The van der Waals surface area contributed by atoms with Crippen molar-refractivity contribution in [3.63, 3.8) is 0 Å². The Bertz CT molecular complexity index is 1170. The molecule has 0 spiro atoms. The van der Waals surface area contributed by atoms with Crippen LogP contribution in [0.3, 0.4) is 0 Å². The van der Waals surface area contributed by atoms with Crippen LogP contribution >= 0.6 is 0 Å². The van der Waals surface area contributed by atoms with E-state index in [1.54, 1.807) is 11.8 Å². The summed E-state index contributed by atoms with van der Waals surface area (Å²) in [6.45, 7) is 3.04. The molecular weight excluding hydrogens is 455 g/mol. The minimum Gasteiger partial charge on any atom is -0.490 e. The van der Waals surface area contributed by atoms with Crippen molar-refractivity contribution < 1.29 is 32.4 Å². The third-order valence-corrected chi connectivity index (χ3v) is 5.03. The van der Waals surface area contributed by atoms with Crippen molar-refractivity contribution in [1.82, 2.24) is 4.90 Å². The topological polar surface area (TPSA) is 106 Å². The molecule has 0 unspecified atom stereocenters. The first-order valence-electron chi connectivity index (χ1n) is 10.4. The lowest BCUT2D eigenvalue weighted by molar-refractivity contribution is -0.385. The molecule has 11 heteroatoms. The fourth-order valence-corrected chi connectivity index (χ4v) is 3.41. The fraction of sp³-hybridized carbons (Fsp3) is 0.304. The highest BCUT2D eigenvalue weighted by Gasteiger charge is 2.33. The molecule has 1 aliphatic rings. The van der Waals surface area contributed by atoms with Crippen LogP contribution in [0.5, 0.6) is 17.2 Å². The Labute approximate surface area is 192 Å². The molecule has 0 bridgehead atoms. The first-order valence-corrected chi connectivity index (χ1v) is 10.4. The second-order valence-electron chi connectivity index (χ2n) is 7.35. The van der Waals surface area contributed by atoms with Crippen molar-refractivity contribution in [3.8, 4) is 23.3 Å². The number of nitro groups is 1. The van der Waals surface area contributed by atoms with Gasteiger partial charge in [0.05, 0.1) is 17.1 Å². The van der Waals surface area contributed by atoms with Crippen LogP contribution in [0.4, 0.5) is 18.9 Å². The molecule has 0 radical (unpaired) electrons. The molecule has 0 aliphatic carbocycles. The van der Waals surface area contributed by atoms with Gasteiger partial charge in [-0.05, 0) is 55.7 Å². The lowest BCUT2D eigenvalue weighted by Crippen LogP contribution is -2.28. The number of hydrogen-bond donors (Lipinski definition) is 0. The maximum Gasteiger partial charge on any atom is 0.416 e. The lowest BCUT2D eigenvalue weighted by atomic mass is 10.1. The number of rotatable bonds is 7. The van der Waals surface area contributed by atoms with Crippen LogP contribution in [-0.2, 0) is 11.0 Å². The zero-order chi connectivity index (χ0) is 24.9. The number of benzene rings is 2. The van der Waals surface area contributed by atoms with E-state index in [4.69, 9.17) is 9.47 Å². The number of halogens is 3. The standard InChI is InChI=1S/C23H20F3N3O5/c1-2-33-21-12-15(11-16(14-27)22(30)28-9-3-4-10-28)5-7-20(21)34-19-8-6-17(23(24,25)26)13-18(19)29(31)32/h5-8,11-13H,2-4,9-10H2,1H3/b16-11+. The van der Waals surface area contributed by atoms with Gasteiger partial charge in [-0.2, -0.15) is 18.4 Å². The van der Waals surface area contributed by atoms with E-state index in [0.717, 1.165) is 18.9 Å². The van der Waals surface area contributed by atoms with Gasteiger partial charge in [-0.15, -0.1) is 0 Å². The number of amides is 1. The Morgan fingerprint density at radius 1 is 1.18 bits per heavy atom. The number of nitriles is 1. The average Bonchev–Trinajstić information content (AvgIpc) is 3.33. The highest BCUT2D eigenvalue weighted by Crippen LogP contribution is 2.40. The number of alkyl halides is 3. The second-order valence-corrected chi connectivity index (χ2v) is 7.35. The molecular formula is C23H20F3N3O5. The number of nitrogens with zero attached hydrogens (tertiary/aromatic N) is 3. The Morgan fingerprint density at radius 3 is 2.44 bits per heavy atom. The summed E-state index contributed by atoms with van der Waals surface area (Å²) in [5.74, 6) is -0.620. The molecule has 1 amide bonds. The smallest absolute Gasteiger partial charge is 0.416 e. The van der Waals surface area contributed by atoms with Crippen molar-refractivity contribution >= 4 is 17.7 Å². The molecule has 2 aromatic carbocycles. The van der Waals surface area contributed by atoms with Gasteiger partial charge in [-0.25, -0.2) is 0 Å². The molecule has 1 heterocycles. The molecule has 0 N–H and O–H groups in total. The van der Waals surface area contributed by atoms with Crippen LogP contribution in [0, 0.1) is 21.4 Å². The summed E-state index contributed by atoms with van der Waals surface area (Å²) in [7, 11) is 0. The molecule has 3 rings (SSSR count). The van der Waals surface area contributed by atoms with E-state index in [0.29, 0.717) is 30.8 Å². The predicted octanol–water partition coefficient (Wildman–Crippen LogP) is 5.33. The van der Waals surface area contributed by atoms with Gasteiger partial charge in [-0.1, -0.05) is 6.07 Å². The van der Waals surface area contributed by atoms with Gasteiger partial charge < -0.3 is 14.4 Å². The average molecular weight is 475 g/mol. The summed E-state index contributed by atoms with van der Waals surface area (Å²) in [4.78, 5) is 24.5. The number of likely N-dealkylation sites (tertiary alicyclic amines) is 1. The van der Waals surface area contributed by atoms with Crippen LogP contribution in [0.25, 0.3) is 6.08 Å². The molecule has 34 heavy (non-hydrogen) atoms. The molecule has 2 aromatic rings. The van der Waals surface area contributed by atoms with Gasteiger partial charge in [-0.3, -0.25) is 14.9 Å². The quantitative estimate of drug-likeness (QED) is 0.232. The lowest BCUT2D eigenvalue weighted by Gasteiger charge is -2.15. The zero-order valence-corrected chi connectivity index (χ0v) is 18.1. The second kappa shape index (κ2) is 10.2. The van der Waals surface area contributed by atoms with E-state index in [1.807, 2.05) is 6.07 Å². The van der Waals surface area contributed by atoms with Gasteiger partial charge in [0, 0.05) is 19.2 Å².